The van der Waals surface area contributed by atoms with Crippen molar-refractivity contribution in [2.45, 2.75) is 18.1 Å². The lowest BCUT2D eigenvalue weighted by molar-refractivity contribution is -0.115. The summed E-state index contributed by atoms with van der Waals surface area (Å²) in [7, 11) is 1.51. The molecular formula is C13H17N3O3S. The molecule has 1 amide bonds. The molecule has 0 aliphatic carbocycles. The predicted molar refractivity (Wildman–Crippen MR) is 79.6 cm³/mol. The number of thioether (sulfide) groups is 1. The fourth-order valence-corrected chi connectivity index (χ4v) is 3.25. The molecule has 1 aliphatic heterocycles. The molecule has 20 heavy (non-hydrogen) atoms. The first kappa shape index (κ1) is 14.5. The lowest BCUT2D eigenvalue weighted by Crippen LogP contribution is -2.25. The predicted octanol–water partition coefficient (Wildman–Crippen LogP) is 1.62. The van der Waals surface area contributed by atoms with Crippen molar-refractivity contribution in [3.63, 3.8) is 0 Å². The van der Waals surface area contributed by atoms with Crippen molar-refractivity contribution in [2.75, 3.05) is 18.2 Å². The molecule has 1 aromatic carbocycles. The van der Waals surface area contributed by atoms with Crippen LogP contribution in [-0.2, 0) is 4.79 Å². The van der Waals surface area contributed by atoms with Crippen LogP contribution in [0.25, 0.3) is 0 Å². The van der Waals surface area contributed by atoms with Crippen molar-refractivity contribution in [3.8, 4) is 5.75 Å². The summed E-state index contributed by atoms with van der Waals surface area (Å²) in [5.41, 5.74) is 6.50. The van der Waals surface area contributed by atoms with Gasteiger partial charge >= 0.3 is 0 Å². The highest BCUT2D eigenvalue weighted by Crippen LogP contribution is 2.31. The van der Waals surface area contributed by atoms with Gasteiger partial charge in [-0.3, -0.25) is 4.79 Å². The van der Waals surface area contributed by atoms with Crippen LogP contribution < -0.4 is 15.8 Å². The topological polar surface area (TPSA) is 96.9 Å². The Hall–Kier alpha value is -1.89. The summed E-state index contributed by atoms with van der Waals surface area (Å²) in [4.78, 5) is 12.2. The van der Waals surface area contributed by atoms with Crippen LogP contribution in [0.5, 0.6) is 5.75 Å². The van der Waals surface area contributed by atoms with E-state index >= 15 is 0 Å². The second kappa shape index (κ2) is 6.51. The van der Waals surface area contributed by atoms with E-state index in [0.29, 0.717) is 17.0 Å². The molecule has 0 radical (unpaired) electrons. The summed E-state index contributed by atoms with van der Waals surface area (Å²) in [5.74, 6) is 1.32. The zero-order valence-corrected chi connectivity index (χ0v) is 11.9. The van der Waals surface area contributed by atoms with Crippen molar-refractivity contribution in [3.05, 3.63) is 23.8 Å². The fourth-order valence-electron chi connectivity index (χ4n) is 2.09. The van der Waals surface area contributed by atoms with Crippen molar-refractivity contribution < 1.29 is 14.7 Å². The van der Waals surface area contributed by atoms with Crippen molar-refractivity contribution >= 4 is 29.2 Å². The molecule has 1 aliphatic rings. The smallest absolute Gasteiger partial charge is 0.237 e. The maximum atomic E-state index is 12.2. The van der Waals surface area contributed by atoms with E-state index in [4.69, 9.17) is 15.7 Å². The summed E-state index contributed by atoms with van der Waals surface area (Å²) in [6.45, 7) is 0. The van der Waals surface area contributed by atoms with E-state index in [-0.39, 0.29) is 17.0 Å². The molecular weight excluding hydrogens is 278 g/mol. The fraction of sp³-hybridized carbons (Fsp3) is 0.385. The standard InChI is InChI=1S/C13H17N3O3S/c1-19-9-5-2-4-8(12(14)16-18)11(9)15-13(17)10-6-3-7-20-10/h2,4-5,10,18H,3,6-7H2,1H3,(H2,14,16)(H,15,17). The summed E-state index contributed by atoms with van der Waals surface area (Å²) in [6.07, 6.45) is 1.91. The van der Waals surface area contributed by atoms with Gasteiger partial charge in [0.1, 0.15) is 5.75 Å². The Balaban J connectivity index is 2.30. The first-order valence-electron chi connectivity index (χ1n) is 6.24. The second-order valence-electron chi connectivity index (χ2n) is 4.36. The SMILES string of the molecule is COc1cccc(/C(N)=N/O)c1NC(=O)C1CCCS1. The van der Waals surface area contributed by atoms with Gasteiger partial charge in [-0.2, -0.15) is 0 Å². The van der Waals surface area contributed by atoms with E-state index in [1.807, 2.05) is 0 Å². The van der Waals surface area contributed by atoms with Gasteiger partial charge in [0.15, 0.2) is 5.84 Å². The molecule has 6 nitrogen and oxygen atoms in total. The van der Waals surface area contributed by atoms with Crippen LogP contribution in [-0.4, -0.2) is 35.1 Å². The molecule has 0 saturated carbocycles. The quantitative estimate of drug-likeness (QED) is 0.339. The van der Waals surface area contributed by atoms with Crippen LogP contribution in [0.2, 0.25) is 0 Å². The first-order chi connectivity index (χ1) is 9.67. The zero-order valence-electron chi connectivity index (χ0n) is 11.1. The number of amidine groups is 1. The lowest BCUT2D eigenvalue weighted by atomic mass is 10.1. The van der Waals surface area contributed by atoms with Crippen LogP contribution in [0.1, 0.15) is 18.4 Å². The van der Waals surface area contributed by atoms with Crippen LogP contribution in [0.3, 0.4) is 0 Å². The summed E-state index contributed by atoms with van der Waals surface area (Å²) in [6, 6.07) is 5.09. The Morgan fingerprint density at radius 2 is 2.40 bits per heavy atom. The minimum atomic E-state index is -0.0796. The number of carbonyl (C=O) groups excluding carboxylic acids is 1. The number of carbonyl (C=O) groups is 1. The minimum Gasteiger partial charge on any atom is -0.495 e. The average molecular weight is 295 g/mol. The maximum Gasteiger partial charge on any atom is 0.237 e. The Kier molecular flexibility index (Phi) is 4.73. The van der Waals surface area contributed by atoms with Gasteiger partial charge in [0, 0.05) is 5.56 Å². The number of nitrogens with zero attached hydrogens (tertiary/aromatic N) is 1. The van der Waals surface area contributed by atoms with Crippen molar-refractivity contribution in [1.82, 2.24) is 0 Å². The van der Waals surface area contributed by atoms with Crippen molar-refractivity contribution in [2.24, 2.45) is 10.9 Å². The Bertz CT molecular complexity index is 528. The molecule has 108 valence electrons. The normalized spacial score (nSPS) is 18.9. The molecule has 1 unspecified atom stereocenters. The van der Waals surface area contributed by atoms with Gasteiger partial charge in [0.05, 0.1) is 18.0 Å². The molecule has 1 saturated heterocycles. The van der Waals surface area contributed by atoms with Crippen LogP contribution in [0.4, 0.5) is 5.69 Å². The van der Waals surface area contributed by atoms with Gasteiger partial charge in [0.2, 0.25) is 5.91 Å². The number of anilines is 1. The Labute approximate surface area is 121 Å². The number of rotatable bonds is 4. The first-order valence-corrected chi connectivity index (χ1v) is 7.29. The molecule has 1 heterocycles. The number of para-hydroxylation sites is 1. The van der Waals surface area contributed by atoms with E-state index in [9.17, 15) is 4.79 Å². The number of nitrogens with two attached hydrogens (primary N) is 1. The number of nitrogens with one attached hydrogen (secondary N) is 1. The number of methoxy groups -OCH3 is 1. The third kappa shape index (κ3) is 2.98. The number of hydrogen-bond donors (Lipinski definition) is 3. The van der Waals surface area contributed by atoms with E-state index in [1.165, 1.54) is 7.11 Å². The van der Waals surface area contributed by atoms with Crippen molar-refractivity contribution in [1.29, 1.82) is 0 Å². The van der Waals surface area contributed by atoms with Crippen LogP contribution in [0.15, 0.2) is 23.4 Å². The zero-order chi connectivity index (χ0) is 14.5. The number of hydrogen-bond acceptors (Lipinski definition) is 5. The maximum absolute atomic E-state index is 12.2. The molecule has 7 heteroatoms. The molecule has 4 N–H and O–H groups in total. The van der Waals surface area contributed by atoms with Crippen LogP contribution in [0, 0.1) is 0 Å². The molecule has 1 atom stereocenters. The number of amides is 1. The van der Waals surface area contributed by atoms with Gasteiger partial charge < -0.3 is 21.0 Å². The Morgan fingerprint density at radius 3 is 3.00 bits per heavy atom. The highest BCUT2D eigenvalue weighted by Gasteiger charge is 2.25. The van der Waals surface area contributed by atoms with Crippen LogP contribution >= 0.6 is 11.8 Å². The van der Waals surface area contributed by atoms with Gasteiger partial charge in [-0.15, -0.1) is 11.8 Å². The average Bonchev–Trinajstić information content (AvgIpc) is 3.01. The third-order valence-electron chi connectivity index (χ3n) is 3.10. The largest absolute Gasteiger partial charge is 0.495 e. The van der Waals surface area contributed by atoms with Gasteiger partial charge in [-0.05, 0) is 30.7 Å². The number of ether oxygens (including phenoxy) is 1. The molecule has 1 fully saturated rings. The molecule has 2 rings (SSSR count). The summed E-state index contributed by atoms with van der Waals surface area (Å²) in [5, 5.41) is 14.6. The third-order valence-corrected chi connectivity index (χ3v) is 4.48. The number of benzene rings is 1. The minimum absolute atomic E-state index is 0.0555. The van der Waals surface area contributed by atoms with Gasteiger partial charge in [-0.1, -0.05) is 11.2 Å². The highest BCUT2D eigenvalue weighted by molar-refractivity contribution is 8.00. The molecule has 1 aromatic rings. The monoisotopic (exact) mass is 295 g/mol. The Morgan fingerprint density at radius 1 is 1.60 bits per heavy atom. The second-order valence-corrected chi connectivity index (χ2v) is 5.67. The van der Waals surface area contributed by atoms with Gasteiger partial charge in [0.25, 0.3) is 0 Å². The molecule has 0 aromatic heterocycles. The van der Waals surface area contributed by atoms with E-state index in [0.717, 1.165) is 18.6 Å². The highest BCUT2D eigenvalue weighted by atomic mass is 32.2. The van der Waals surface area contributed by atoms with E-state index in [2.05, 4.69) is 10.5 Å². The van der Waals surface area contributed by atoms with E-state index < -0.39 is 0 Å². The van der Waals surface area contributed by atoms with E-state index in [1.54, 1.807) is 30.0 Å². The molecule has 0 spiro atoms. The summed E-state index contributed by atoms with van der Waals surface area (Å²) < 4.78 is 5.23. The van der Waals surface area contributed by atoms with Gasteiger partial charge in [-0.25, -0.2) is 0 Å². The number of oxime groups is 1. The molecule has 0 bridgehead atoms. The summed E-state index contributed by atoms with van der Waals surface area (Å²) >= 11 is 1.64. The lowest BCUT2D eigenvalue weighted by Gasteiger charge is -2.16.